The molecule has 25 heavy (non-hydrogen) atoms. The number of benzene rings is 1. The zero-order valence-corrected chi connectivity index (χ0v) is 15.1. The molecular weight excluding hydrogens is 310 g/mol. The molecule has 2 N–H and O–H groups in total. The number of para-hydroxylation sites is 1. The molecule has 0 radical (unpaired) electrons. The van der Waals surface area contributed by atoms with Gasteiger partial charge >= 0.3 is 0 Å². The summed E-state index contributed by atoms with van der Waals surface area (Å²) in [7, 11) is 1.83. The maximum absolute atomic E-state index is 4.63. The van der Waals surface area contributed by atoms with Crippen LogP contribution in [0, 0.1) is 6.92 Å². The second-order valence-electron chi connectivity index (χ2n) is 6.41. The highest BCUT2D eigenvalue weighted by molar-refractivity contribution is 5.80. The van der Waals surface area contributed by atoms with Gasteiger partial charge in [0.2, 0.25) is 0 Å². The Hall–Kier alpha value is -2.56. The van der Waals surface area contributed by atoms with Crippen molar-refractivity contribution in [1.82, 2.24) is 20.4 Å². The van der Waals surface area contributed by atoms with E-state index in [4.69, 9.17) is 0 Å². The average molecular weight is 337 g/mol. The highest BCUT2D eigenvalue weighted by atomic mass is 15.3. The highest BCUT2D eigenvalue weighted by Crippen LogP contribution is 2.13. The van der Waals surface area contributed by atoms with E-state index in [0.717, 1.165) is 49.6 Å². The minimum atomic E-state index is 0.484. The first kappa shape index (κ1) is 17.3. The lowest BCUT2D eigenvalue weighted by Crippen LogP contribution is -2.42. The molecule has 0 fully saturated rings. The Morgan fingerprint density at radius 2 is 2.00 bits per heavy atom. The molecule has 132 valence electrons. The third kappa shape index (κ3) is 4.72. The fourth-order valence-corrected chi connectivity index (χ4v) is 3.06. The molecule has 0 saturated heterocycles. The Labute approximate surface area is 149 Å². The van der Waals surface area contributed by atoms with Crippen molar-refractivity contribution in [2.75, 3.05) is 13.6 Å². The SMILES string of the molecule is CN=C(NCCCc1cn(-c2ccccc2)nc1C)NC1CC=CC1. The number of aliphatic imine (C=N–C) groups is 1. The van der Waals surface area contributed by atoms with E-state index in [1.165, 1.54) is 5.56 Å². The molecule has 1 aromatic carbocycles. The van der Waals surface area contributed by atoms with Gasteiger partial charge in [-0.1, -0.05) is 30.4 Å². The van der Waals surface area contributed by atoms with Crippen molar-refractivity contribution in [1.29, 1.82) is 0 Å². The average Bonchev–Trinajstić information content (AvgIpc) is 3.28. The number of hydrogen-bond donors (Lipinski definition) is 2. The number of guanidine groups is 1. The number of rotatable bonds is 6. The fourth-order valence-electron chi connectivity index (χ4n) is 3.06. The standard InChI is InChI=1S/C20H27N5/c1-16-17(15-25(24-16)19-12-4-3-5-13-19)9-8-14-22-20(21-2)23-18-10-6-7-11-18/h3-7,12-13,15,18H,8-11,14H2,1-2H3,(H2,21,22,23). The molecule has 3 rings (SSSR count). The van der Waals surface area contributed by atoms with E-state index in [9.17, 15) is 0 Å². The van der Waals surface area contributed by atoms with Gasteiger partial charge in [-0.15, -0.1) is 0 Å². The third-order valence-corrected chi connectivity index (χ3v) is 4.51. The predicted octanol–water partition coefficient (Wildman–Crippen LogP) is 3.00. The van der Waals surface area contributed by atoms with Crippen molar-refractivity contribution < 1.29 is 0 Å². The van der Waals surface area contributed by atoms with Crippen LogP contribution in [0.15, 0.2) is 53.7 Å². The minimum Gasteiger partial charge on any atom is -0.356 e. The van der Waals surface area contributed by atoms with Crippen molar-refractivity contribution in [3.63, 3.8) is 0 Å². The first-order valence-corrected chi connectivity index (χ1v) is 8.99. The van der Waals surface area contributed by atoms with Gasteiger partial charge in [0, 0.05) is 25.8 Å². The van der Waals surface area contributed by atoms with Crippen LogP contribution in [-0.4, -0.2) is 35.4 Å². The van der Waals surface area contributed by atoms with E-state index in [0.29, 0.717) is 6.04 Å². The number of nitrogens with zero attached hydrogens (tertiary/aromatic N) is 3. The third-order valence-electron chi connectivity index (χ3n) is 4.51. The van der Waals surface area contributed by atoms with Gasteiger partial charge in [-0.25, -0.2) is 4.68 Å². The van der Waals surface area contributed by atoms with E-state index in [1.807, 2.05) is 29.9 Å². The Morgan fingerprint density at radius 3 is 2.72 bits per heavy atom. The summed E-state index contributed by atoms with van der Waals surface area (Å²) in [5.41, 5.74) is 3.50. The van der Waals surface area contributed by atoms with Crippen LogP contribution in [0.3, 0.4) is 0 Å². The van der Waals surface area contributed by atoms with Gasteiger partial charge in [-0.05, 0) is 50.3 Å². The highest BCUT2D eigenvalue weighted by Gasteiger charge is 2.11. The lowest BCUT2D eigenvalue weighted by atomic mass is 10.1. The summed E-state index contributed by atoms with van der Waals surface area (Å²) in [6.07, 6.45) is 10.8. The van der Waals surface area contributed by atoms with E-state index < -0.39 is 0 Å². The zero-order chi connectivity index (χ0) is 17.5. The van der Waals surface area contributed by atoms with E-state index in [1.54, 1.807) is 0 Å². The smallest absolute Gasteiger partial charge is 0.191 e. The quantitative estimate of drug-likeness (QED) is 0.369. The van der Waals surface area contributed by atoms with Gasteiger partial charge in [0.15, 0.2) is 5.96 Å². The van der Waals surface area contributed by atoms with Crippen molar-refractivity contribution in [3.8, 4) is 5.69 Å². The molecule has 1 aromatic heterocycles. The van der Waals surface area contributed by atoms with E-state index >= 15 is 0 Å². The van der Waals surface area contributed by atoms with Crippen LogP contribution in [0.1, 0.15) is 30.5 Å². The molecular formula is C20H27N5. The molecule has 0 unspecified atom stereocenters. The van der Waals surface area contributed by atoms with E-state index in [-0.39, 0.29) is 0 Å². The molecule has 1 aliphatic carbocycles. The zero-order valence-electron chi connectivity index (χ0n) is 15.1. The van der Waals surface area contributed by atoms with Crippen molar-refractivity contribution >= 4 is 5.96 Å². The molecule has 0 saturated carbocycles. The largest absolute Gasteiger partial charge is 0.356 e. The van der Waals surface area contributed by atoms with Crippen molar-refractivity contribution in [2.24, 2.45) is 4.99 Å². The summed E-state index contributed by atoms with van der Waals surface area (Å²) in [6.45, 7) is 2.98. The molecule has 2 aromatic rings. The second-order valence-corrected chi connectivity index (χ2v) is 6.41. The van der Waals surface area contributed by atoms with E-state index in [2.05, 4.69) is 58.1 Å². The van der Waals surface area contributed by atoms with Crippen molar-refractivity contribution in [3.05, 3.63) is 59.9 Å². The molecule has 0 atom stereocenters. The molecule has 0 bridgehead atoms. The number of hydrogen-bond acceptors (Lipinski definition) is 2. The van der Waals surface area contributed by atoms with Crippen LogP contribution < -0.4 is 10.6 Å². The van der Waals surface area contributed by atoms with Crippen LogP contribution in [0.4, 0.5) is 0 Å². The minimum absolute atomic E-state index is 0.484. The molecule has 0 spiro atoms. The first-order valence-electron chi connectivity index (χ1n) is 8.99. The van der Waals surface area contributed by atoms with Crippen LogP contribution in [0.5, 0.6) is 0 Å². The summed E-state index contributed by atoms with van der Waals surface area (Å²) in [5, 5.41) is 11.5. The van der Waals surface area contributed by atoms with Gasteiger partial charge in [0.1, 0.15) is 0 Å². The Bertz CT molecular complexity index is 722. The molecule has 1 heterocycles. The van der Waals surface area contributed by atoms with Crippen LogP contribution in [0.25, 0.3) is 5.69 Å². The summed E-state index contributed by atoms with van der Waals surface area (Å²) >= 11 is 0. The maximum atomic E-state index is 4.63. The predicted molar refractivity (Wildman–Crippen MR) is 103 cm³/mol. The van der Waals surface area contributed by atoms with Gasteiger partial charge in [0.25, 0.3) is 0 Å². The molecule has 5 nitrogen and oxygen atoms in total. The van der Waals surface area contributed by atoms with Gasteiger partial charge < -0.3 is 10.6 Å². The van der Waals surface area contributed by atoms with Crippen molar-refractivity contribution in [2.45, 2.75) is 38.6 Å². The Morgan fingerprint density at radius 1 is 1.24 bits per heavy atom. The Balaban J connectivity index is 1.46. The van der Waals surface area contributed by atoms with Gasteiger partial charge in [0.05, 0.1) is 11.4 Å². The molecule has 0 amide bonds. The van der Waals surface area contributed by atoms with Crippen LogP contribution in [0.2, 0.25) is 0 Å². The number of aromatic nitrogens is 2. The van der Waals surface area contributed by atoms with Gasteiger partial charge in [-0.3, -0.25) is 4.99 Å². The lowest BCUT2D eigenvalue weighted by Gasteiger charge is -2.16. The van der Waals surface area contributed by atoms with Crippen LogP contribution in [-0.2, 0) is 6.42 Å². The summed E-state index contributed by atoms with van der Waals surface area (Å²) < 4.78 is 1.96. The summed E-state index contributed by atoms with van der Waals surface area (Å²) in [6, 6.07) is 10.7. The van der Waals surface area contributed by atoms with Gasteiger partial charge in [-0.2, -0.15) is 5.10 Å². The normalized spacial score (nSPS) is 14.9. The second kappa shape index (κ2) is 8.51. The summed E-state index contributed by atoms with van der Waals surface area (Å²) in [4.78, 5) is 4.31. The monoisotopic (exact) mass is 337 g/mol. The summed E-state index contributed by atoms with van der Waals surface area (Å²) in [5.74, 6) is 0.894. The topological polar surface area (TPSA) is 54.2 Å². The lowest BCUT2D eigenvalue weighted by molar-refractivity contribution is 0.628. The molecule has 1 aliphatic rings. The fraction of sp³-hybridized carbons (Fsp3) is 0.400. The Kier molecular flexibility index (Phi) is 5.88. The number of aryl methyl sites for hydroxylation is 2. The maximum Gasteiger partial charge on any atom is 0.191 e. The number of nitrogens with one attached hydrogen (secondary N) is 2. The molecule has 5 heteroatoms. The van der Waals surface area contributed by atoms with Crippen LogP contribution >= 0.6 is 0 Å². The first-order chi connectivity index (χ1) is 12.3. The molecule has 0 aliphatic heterocycles.